The van der Waals surface area contributed by atoms with Crippen molar-refractivity contribution in [3.8, 4) is 11.1 Å². The summed E-state index contributed by atoms with van der Waals surface area (Å²) in [7, 11) is 0. The van der Waals surface area contributed by atoms with Gasteiger partial charge in [-0.3, -0.25) is 9.79 Å². The number of amidine groups is 1. The Labute approximate surface area is 118 Å². The lowest BCUT2D eigenvalue weighted by molar-refractivity contribution is -0.117. The van der Waals surface area contributed by atoms with E-state index in [0.29, 0.717) is 5.84 Å². The van der Waals surface area contributed by atoms with Gasteiger partial charge in [0.25, 0.3) is 0 Å². The Morgan fingerprint density at radius 3 is 2.35 bits per heavy atom. The first-order valence-corrected chi connectivity index (χ1v) is 6.81. The molecule has 2 aromatic rings. The van der Waals surface area contributed by atoms with Crippen molar-refractivity contribution in [3.05, 3.63) is 59.7 Å². The number of carbonyl (C=O) groups excluding carboxylic acids is 1. The number of hydrogen-bond donors (Lipinski definition) is 1. The molecular weight excluding hydrogens is 248 g/mol. The number of nitrogens with zero attached hydrogens (tertiary/aromatic N) is 1. The summed E-state index contributed by atoms with van der Waals surface area (Å²) < 4.78 is 0. The third-order valence-corrected chi connectivity index (χ3v) is 3.49. The fourth-order valence-electron chi connectivity index (χ4n) is 2.38. The zero-order chi connectivity index (χ0) is 13.9. The topological polar surface area (TPSA) is 41.5 Å². The number of amides is 1. The van der Waals surface area contributed by atoms with Crippen LogP contribution in [0.4, 0.5) is 0 Å². The van der Waals surface area contributed by atoms with Crippen LogP contribution in [0.3, 0.4) is 0 Å². The molecule has 3 rings (SSSR count). The van der Waals surface area contributed by atoms with Gasteiger partial charge in [-0.2, -0.15) is 0 Å². The van der Waals surface area contributed by atoms with Gasteiger partial charge in [-0.05, 0) is 23.1 Å². The van der Waals surface area contributed by atoms with E-state index >= 15 is 0 Å². The molecule has 1 heterocycles. The minimum Gasteiger partial charge on any atom is -0.309 e. The van der Waals surface area contributed by atoms with Crippen LogP contribution in [0.1, 0.15) is 18.1 Å². The summed E-state index contributed by atoms with van der Waals surface area (Å²) in [6.07, 6.45) is 1.03. The summed E-state index contributed by atoms with van der Waals surface area (Å²) >= 11 is 0. The quantitative estimate of drug-likeness (QED) is 0.910. The van der Waals surface area contributed by atoms with Gasteiger partial charge in [0.15, 0.2) is 0 Å². The highest BCUT2D eigenvalue weighted by molar-refractivity contribution is 6.15. The van der Waals surface area contributed by atoms with E-state index in [-0.39, 0.29) is 12.5 Å². The maximum absolute atomic E-state index is 11.3. The van der Waals surface area contributed by atoms with E-state index in [9.17, 15) is 4.79 Å². The van der Waals surface area contributed by atoms with Crippen molar-refractivity contribution in [2.24, 2.45) is 4.99 Å². The molecule has 0 aromatic heterocycles. The fourth-order valence-corrected chi connectivity index (χ4v) is 2.38. The Kier molecular flexibility index (Phi) is 3.33. The largest absolute Gasteiger partial charge is 0.309 e. The molecule has 2 aromatic carbocycles. The van der Waals surface area contributed by atoms with Crippen LogP contribution < -0.4 is 5.32 Å². The summed E-state index contributed by atoms with van der Waals surface area (Å²) in [6, 6.07) is 16.5. The molecule has 0 saturated heterocycles. The highest BCUT2D eigenvalue weighted by Gasteiger charge is 2.17. The van der Waals surface area contributed by atoms with Gasteiger partial charge in [0, 0.05) is 5.56 Å². The second kappa shape index (κ2) is 5.29. The molecule has 0 atom stereocenters. The van der Waals surface area contributed by atoms with Crippen LogP contribution >= 0.6 is 0 Å². The van der Waals surface area contributed by atoms with Crippen molar-refractivity contribution >= 4 is 11.7 Å². The van der Waals surface area contributed by atoms with E-state index in [1.54, 1.807) is 0 Å². The van der Waals surface area contributed by atoms with Gasteiger partial charge in [0.1, 0.15) is 12.4 Å². The highest BCUT2D eigenvalue weighted by atomic mass is 16.2. The number of nitrogens with one attached hydrogen (secondary N) is 1. The minimum absolute atomic E-state index is 0.0452. The predicted molar refractivity (Wildman–Crippen MR) is 80.8 cm³/mol. The predicted octanol–water partition coefficient (Wildman–Crippen LogP) is 2.79. The molecule has 0 aliphatic carbocycles. The van der Waals surface area contributed by atoms with Gasteiger partial charge in [-0.1, -0.05) is 55.5 Å². The van der Waals surface area contributed by atoms with Crippen LogP contribution in [0.15, 0.2) is 53.5 Å². The van der Waals surface area contributed by atoms with E-state index in [2.05, 4.69) is 47.6 Å². The third kappa shape index (κ3) is 2.35. The first-order chi connectivity index (χ1) is 9.78. The SMILES string of the molecule is CCc1ccc(-c2ccccc2C2=NCC(=O)N2)cc1. The third-order valence-electron chi connectivity index (χ3n) is 3.49. The fraction of sp³-hybridized carbons (Fsp3) is 0.176. The van der Waals surface area contributed by atoms with E-state index in [1.165, 1.54) is 5.56 Å². The lowest BCUT2D eigenvalue weighted by atomic mass is 9.97. The first kappa shape index (κ1) is 12.6. The van der Waals surface area contributed by atoms with Gasteiger partial charge in [0.05, 0.1) is 0 Å². The molecule has 0 bridgehead atoms. The zero-order valence-corrected chi connectivity index (χ0v) is 11.4. The number of aryl methyl sites for hydroxylation is 1. The van der Waals surface area contributed by atoms with Gasteiger partial charge >= 0.3 is 0 Å². The van der Waals surface area contributed by atoms with Crippen LogP contribution in [-0.2, 0) is 11.2 Å². The molecule has 1 aliphatic heterocycles. The molecular formula is C17H16N2O. The second-order valence-corrected chi connectivity index (χ2v) is 4.81. The van der Waals surface area contributed by atoms with Crippen molar-refractivity contribution in [1.82, 2.24) is 5.32 Å². The number of aliphatic imine (C=N–C) groups is 1. The Bertz CT molecular complexity index is 672. The Balaban J connectivity index is 2.03. The Hall–Kier alpha value is -2.42. The molecule has 0 spiro atoms. The minimum atomic E-state index is -0.0452. The van der Waals surface area contributed by atoms with Crippen LogP contribution in [-0.4, -0.2) is 18.3 Å². The van der Waals surface area contributed by atoms with Crippen molar-refractivity contribution in [2.75, 3.05) is 6.54 Å². The number of hydrogen-bond acceptors (Lipinski definition) is 2. The molecule has 1 N–H and O–H groups in total. The smallest absolute Gasteiger partial charge is 0.247 e. The van der Waals surface area contributed by atoms with Gasteiger partial charge in [0.2, 0.25) is 5.91 Å². The summed E-state index contributed by atoms with van der Waals surface area (Å²) in [5.41, 5.74) is 4.53. The highest BCUT2D eigenvalue weighted by Crippen LogP contribution is 2.25. The van der Waals surface area contributed by atoms with E-state index in [4.69, 9.17) is 0 Å². The molecule has 0 radical (unpaired) electrons. The molecule has 1 amide bonds. The lowest BCUT2D eigenvalue weighted by Crippen LogP contribution is -2.25. The monoisotopic (exact) mass is 264 g/mol. The Morgan fingerprint density at radius 2 is 1.75 bits per heavy atom. The molecule has 0 fully saturated rings. The number of benzene rings is 2. The van der Waals surface area contributed by atoms with Gasteiger partial charge in [-0.15, -0.1) is 0 Å². The van der Waals surface area contributed by atoms with E-state index in [0.717, 1.165) is 23.1 Å². The van der Waals surface area contributed by atoms with Crippen molar-refractivity contribution in [2.45, 2.75) is 13.3 Å². The van der Waals surface area contributed by atoms with Crippen LogP contribution in [0.5, 0.6) is 0 Å². The number of carbonyl (C=O) groups is 1. The Morgan fingerprint density at radius 1 is 1.05 bits per heavy atom. The molecule has 3 nitrogen and oxygen atoms in total. The second-order valence-electron chi connectivity index (χ2n) is 4.81. The van der Waals surface area contributed by atoms with Crippen molar-refractivity contribution in [1.29, 1.82) is 0 Å². The molecule has 20 heavy (non-hydrogen) atoms. The molecule has 1 aliphatic rings. The summed E-state index contributed by atoms with van der Waals surface area (Å²) in [6.45, 7) is 2.37. The zero-order valence-electron chi connectivity index (χ0n) is 11.4. The van der Waals surface area contributed by atoms with Gasteiger partial charge < -0.3 is 5.32 Å². The average molecular weight is 264 g/mol. The van der Waals surface area contributed by atoms with Crippen molar-refractivity contribution < 1.29 is 4.79 Å². The standard InChI is InChI=1S/C17H16N2O/c1-2-12-7-9-13(10-8-12)14-5-3-4-6-15(14)17-18-11-16(20)19-17/h3-10H,2,11H2,1H3,(H,18,19,20). The van der Waals surface area contributed by atoms with Crippen LogP contribution in [0.25, 0.3) is 11.1 Å². The normalized spacial score (nSPS) is 14.1. The maximum Gasteiger partial charge on any atom is 0.247 e. The molecule has 0 unspecified atom stereocenters. The number of rotatable bonds is 3. The van der Waals surface area contributed by atoms with Crippen LogP contribution in [0, 0.1) is 0 Å². The average Bonchev–Trinajstić information content (AvgIpc) is 2.94. The van der Waals surface area contributed by atoms with Crippen molar-refractivity contribution in [3.63, 3.8) is 0 Å². The molecule has 3 heteroatoms. The van der Waals surface area contributed by atoms with E-state index in [1.807, 2.05) is 18.2 Å². The lowest BCUT2D eigenvalue weighted by Gasteiger charge is -2.10. The maximum atomic E-state index is 11.3. The van der Waals surface area contributed by atoms with Gasteiger partial charge in [-0.25, -0.2) is 0 Å². The first-order valence-electron chi connectivity index (χ1n) is 6.81. The molecule has 0 saturated carbocycles. The summed E-state index contributed by atoms with van der Waals surface area (Å²) in [5.74, 6) is 0.626. The summed E-state index contributed by atoms with van der Waals surface area (Å²) in [4.78, 5) is 15.6. The summed E-state index contributed by atoms with van der Waals surface area (Å²) in [5, 5.41) is 2.81. The van der Waals surface area contributed by atoms with Crippen LogP contribution in [0.2, 0.25) is 0 Å². The molecule has 100 valence electrons. The van der Waals surface area contributed by atoms with E-state index < -0.39 is 0 Å².